The summed E-state index contributed by atoms with van der Waals surface area (Å²) in [5, 5.41) is 8.88. The van der Waals surface area contributed by atoms with Crippen molar-refractivity contribution in [1.82, 2.24) is 9.97 Å². The Balaban J connectivity index is 2.45. The van der Waals surface area contributed by atoms with Gasteiger partial charge >= 0.3 is 0 Å². The molecule has 2 heterocycles. The number of pyridine rings is 2. The summed E-state index contributed by atoms with van der Waals surface area (Å²) in [6, 6.07) is 7.45. The van der Waals surface area contributed by atoms with Crippen LogP contribution in [-0.4, -0.2) is 18.4 Å². The van der Waals surface area contributed by atoms with Gasteiger partial charge in [0, 0.05) is 12.4 Å². The number of anilines is 1. The lowest BCUT2D eigenvalue weighted by Gasteiger charge is -2.09. The zero-order valence-electron chi connectivity index (χ0n) is 9.41. The van der Waals surface area contributed by atoms with E-state index in [9.17, 15) is 8.42 Å². The van der Waals surface area contributed by atoms with Crippen molar-refractivity contribution < 1.29 is 8.42 Å². The van der Waals surface area contributed by atoms with E-state index in [1.807, 2.05) is 0 Å². The third-order valence-corrected chi connectivity index (χ3v) is 3.87. The smallest absolute Gasteiger partial charge is 0.264 e. The van der Waals surface area contributed by atoms with Crippen molar-refractivity contribution in [2.45, 2.75) is 4.90 Å². The standard InChI is InChI=1S/C11H7ClN4O2S/c12-11-8(3-1-6-15-11)16-19(17,18)10-4-2-5-14-9(10)7-13/h1-6,16H. The van der Waals surface area contributed by atoms with Crippen molar-refractivity contribution in [3.63, 3.8) is 0 Å². The molecular weight excluding hydrogens is 288 g/mol. The third kappa shape index (κ3) is 2.81. The number of sulfonamides is 1. The SMILES string of the molecule is N#Cc1ncccc1S(=O)(=O)Nc1cccnc1Cl. The van der Waals surface area contributed by atoms with Crippen LogP contribution in [-0.2, 0) is 10.0 Å². The molecular formula is C11H7ClN4O2S. The summed E-state index contributed by atoms with van der Waals surface area (Å²) >= 11 is 5.77. The fourth-order valence-electron chi connectivity index (χ4n) is 1.35. The predicted octanol–water partition coefficient (Wildman–Crippen LogP) is 1.80. The molecule has 0 fully saturated rings. The van der Waals surface area contributed by atoms with E-state index in [1.54, 1.807) is 6.07 Å². The van der Waals surface area contributed by atoms with Crippen LogP contribution in [0.5, 0.6) is 0 Å². The number of nitrogens with zero attached hydrogens (tertiary/aromatic N) is 3. The highest BCUT2D eigenvalue weighted by Crippen LogP contribution is 2.22. The summed E-state index contributed by atoms with van der Waals surface area (Å²) < 4.78 is 26.6. The highest BCUT2D eigenvalue weighted by Gasteiger charge is 2.20. The van der Waals surface area contributed by atoms with Gasteiger partial charge in [-0.1, -0.05) is 11.6 Å². The van der Waals surface area contributed by atoms with Gasteiger partial charge in [0.2, 0.25) is 0 Å². The fourth-order valence-corrected chi connectivity index (χ4v) is 2.75. The molecule has 0 atom stereocenters. The Bertz CT molecular complexity index is 755. The Morgan fingerprint density at radius 1 is 1.21 bits per heavy atom. The monoisotopic (exact) mass is 294 g/mol. The van der Waals surface area contributed by atoms with Gasteiger partial charge in [-0.2, -0.15) is 5.26 Å². The van der Waals surface area contributed by atoms with Crippen LogP contribution in [0.3, 0.4) is 0 Å². The van der Waals surface area contributed by atoms with Crippen molar-refractivity contribution >= 4 is 27.3 Å². The molecule has 0 saturated carbocycles. The molecule has 1 N–H and O–H groups in total. The summed E-state index contributed by atoms with van der Waals surface area (Å²) in [6.07, 6.45) is 2.78. The second-order valence-corrected chi connectivity index (χ2v) is 5.42. The van der Waals surface area contributed by atoms with Crippen molar-refractivity contribution in [1.29, 1.82) is 5.26 Å². The summed E-state index contributed by atoms with van der Waals surface area (Å²) in [6.45, 7) is 0. The molecule has 2 aromatic heterocycles. The first-order valence-corrected chi connectivity index (χ1v) is 6.89. The molecule has 0 saturated heterocycles. The quantitative estimate of drug-likeness (QED) is 0.871. The summed E-state index contributed by atoms with van der Waals surface area (Å²) in [5.41, 5.74) is -0.0491. The van der Waals surface area contributed by atoms with Crippen LogP contribution in [0.1, 0.15) is 5.69 Å². The number of nitrogens with one attached hydrogen (secondary N) is 1. The van der Waals surface area contributed by atoms with Gasteiger partial charge in [-0.3, -0.25) is 4.72 Å². The molecule has 0 aromatic carbocycles. The minimum Gasteiger partial charge on any atom is -0.276 e. The highest BCUT2D eigenvalue weighted by atomic mass is 35.5. The minimum atomic E-state index is -3.94. The topological polar surface area (TPSA) is 95.7 Å². The molecule has 0 radical (unpaired) electrons. The Morgan fingerprint density at radius 2 is 1.89 bits per heavy atom. The van der Waals surface area contributed by atoms with E-state index in [2.05, 4.69) is 14.7 Å². The van der Waals surface area contributed by atoms with E-state index >= 15 is 0 Å². The van der Waals surface area contributed by atoms with Crippen LogP contribution in [0.25, 0.3) is 0 Å². The summed E-state index contributed by atoms with van der Waals surface area (Å²) in [7, 11) is -3.94. The van der Waals surface area contributed by atoms with Crippen molar-refractivity contribution in [3.8, 4) is 6.07 Å². The first-order chi connectivity index (χ1) is 9.04. The van der Waals surface area contributed by atoms with Gasteiger partial charge < -0.3 is 0 Å². The molecule has 0 aliphatic heterocycles. The fraction of sp³-hybridized carbons (Fsp3) is 0. The maximum atomic E-state index is 12.1. The first kappa shape index (κ1) is 13.3. The maximum Gasteiger partial charge on any atom is 0.264 e. The average Bonchev–Trinajstić information content (AvgIpc) is 2.41. The van der Waals surface area contributed by atoms with Crippen molar-refractivity contribution in [2.75, 3.05) is 4.72 Å². The molecule has 96 valence electrons. The Hall–Kier alpha value is -2.17. The summed E-state index contributed by atoms with van der Waals surface area (Å²) in [5.74, 6) is 0. The minimum absolute atomic E-state index is 0.0217. The molecule has 0 amide bonds. The van der Waals surface area contributed by atoms with Crippen molar-refractivity contribution in [3.05, 3.63) is 47.5 Å². The zero-order valence-corrected chi connectivity index (χ0v) is 11.0. The molecule has 2 aromatic rings. The van der Waals surface area contributed by atoms with E-state index in [-0.39, 0.29) is 21.4 Å². The van der Waals surface area contributed by atoms with Gasteiger partial charge in [-0.15, -0.1) is 0 Å². The molecule has 0 unspecified atom stereocenters. The van der Waals surface area contributed by atoms with Crippen LogP contribution in [0.2, 0.25) is 5.15 Å². The van der Waals surface area contributed by atoms with Crippen LogP contribution in [0, 0.1) is 11.3 Å². The Kier molecular flexibility index (Phi) is 3.64. The largest absolute Gasteiger partial charge is 0.276 e. The number of nitriles is 1. The van der Waals surface area contributed by atoms with E-state index in [4.69, 9.17) is 16.9 Å². The number of rotatable bonds is 3. The number of hydrogen-bond acceptors (Lipinski definition) is 5. The van der Waals surface area contributed by atoms with Crippen LogP contribution in [0.4, 0.5) is 5.69 Å². The molecule has 0 aliphatic rings. The van der Waals surface area contributed by atoms with E-state index in [0.717, 1.165) is 0 Å². The Labute approximate surface area is 114 Å². The molecule has 0 spiro atoms. The lowest BCUT2D eigenvalue weighted by Crippen LogP contribution is -2.15. The Morgan fingerprint density at radius 3 is 2.58 bits per heavy atom. The van der Waals surface area contributed by atoms with Gasteiger partial charge in [-0.25, -0.2) is 18.4 Å². The molecule has 0 bridgehead atoms. The normalized spacial score (nSPS) is 10.7. The number of halogens is 1. The second-order valence-electron chi connectivity index (χ2n) is 3.41. The first-order valence-electron chi connectivity index (χ1n) is 5.03. The van der Waals surface area contributed by atoms with Crippen LogP contribution < -0.4 is 4.72 Å². The van der Waals surface area contributed by atoms with Gasteiger partial charge in [0.25, 0.3) is 10.0 Å². The lowest BCUT2D eigenvalue weighted by atomic mass is 10.4. The zero-order chi connectivity index (χ0) is 13.9. The van der Waals surface area contributed by atoms with E-state index in [0.29, 0.717) is 0 Å². The number of aromatic nitrogens is 2. The second kappa shape index (κ2) is 5.22. The maximum absolute atomic E-state index is 12.1. The molecule has 19 heavy (non-hydrogen) atoms. The highest BCUT2D eigenvalue weighted by molar-refractivity contribution is 7.92. The van der Waals surface area contributed by atoms with Gasteiger partial charge in [0.1, 0.15) is 11.0 Å². The summed E-state index contributed by atoms with van der Waals surface area (Å²) in [4.78, 5) is 7.25. The molecule has 6 nitrogen and oxygen atoms in total. The van der Waals surface area contributed by atoms with E-state index in [1.165, 1.54) is 36.7 Å². The predicted molar refractivity (Wildman–Crippen MR) is 69.0 cm³/mol. The van der Waals surface area contributed by atoms with Gasteiger partial charge in [-0.05, 0) is 24.3 Å². The molecule has 8 heteroatoms. The van der Waals surface area contributed by atoms with Crippen LogP contribution in [0.15, 0.2) is 41.6 Å². The lowest BCUT2D eigenvalue weighted by molar-refractivity contribution is 0.600. The van der Waals surface area contributed by atoms with Crippen molar-refractivity contribution in [2.24, 2.45) is 0 Å². The molecule has 2 rings (SSSR count). The van der Waals surface area contributed by atoms with Gasteiger partial charge in [0.05, 0.1) is 5.69 Å². The molecule has 0 aliphatic carbocycles. The number of hydrogen-bond donors (Lipinski definition) is 1. The van der Waals surface area contributed by atoms with Crippen LogP contribution >= 0.6 is 11.6 Å². The van der Waals surface area contributed by atoms with Gasteiger partial charge in [0.15, 0.2) is 10.8 Å². The van der Waals surface area contributed by atoms with E-state index < -0.39 is 10.0 Å². The average molecular weight is 295 g/mol. The third-order valence-electron chi connectivity index (χ3n) is 2.17.